The van der Waals surface area contributed by atoms with E-state index in [9.17, 15) is 9.90 Å². The number of hydrogen-bond acceptors (Lipinski definition) is 9. The van der Waals surface area contributed by atoms with Crippen molar-refractivity contribution in [2.75, 3.05) is 26.7 Å². The van der Waals surface area contributed by atoms with E-state index < -0.39 is 0 Å². The average molecular weight is 578 g/mol. The highest BCUT2D eigenvalue weighted by Gasteiger charge is 2.28. The molecular weight excluding hydrogens is 538 g/mol. The molecule has 1 amide bonds. The number of carbonyl (C=O) groups excluding carboxylic acids is 1. The molecule has 42 heavy (non-hydrogen) atoms. The van der Waals surface area contributed by atoms with Gasteiger partial charge in [-0.25, -0.2) is 9.67 Å². The summed E-state index contributed by atoms with van der Waals surface area (Å²) >= 11 is 0. The number of likely N-dealkylation sites (N-methyl/N-ethyl adjacent to an activating group) is 1. The zero-order chi connectivity index (χ0) is 30.1. The summed E-state index contributed by atoms with van der Waals surface area (Å²) in [5.74, 6) is 0.651. The minimum atomic E-state index is -0.320. The largest absolute Gasteiger partial charge is 0.473 e. The van der Waals surface area contributed by atoms with Gasteiger partial charge in [0.15, 0.2) is 11.3 Å². The number of nitrogens with zero attached hydrogens (tertiary/aromatic N) is 7. The molecule has 13 nitrogen and oxygen atoms in total. The van der Waals surface area contributed by atoms with E-state index in [-0.39, 0.29) is 36.5 Å². The summed E-state index contributed by atoms with van der Waals surface area (Å²) in [6.07, 6.45) is 5.23. The van der Waals surface area contributed by atoms with Crippen LogP contribution in [0, 0.1) is 0 Å². The van der Waals surface area contributed by atoms with Crippen LogP contribution in [-0.4, -0.2) is 89.6 Å². The van der Waals surface area contributed by atoms with E-state index in [0.717, 1.165) is 28.9 Å². The Kier molecular flexibility index (Phi) is 8.32. The Bertz CT molecular complexity index is 1620. The second-order valence-electron chi connectivity index (χ2n) is 10.9. The fraction of sp³-hybridized carbons (Fsp3) is 0.483. The van der Waals surface area contributed by atoms with Crippen LogP contribution in [0.4, 0.5) is 0 Å². The third kappa shape index (κ3) is 5.49. The number of aliphatic hydroxyl groups is 1. The molecule has 0 saturated carbocycles. The van der Waals surface area contributed by atoms with Crippen LogP contribution in [-0.2, 0) is 13.6 Å². The zero-order valence-electron chi connectivity index (χ0n) is 25.2. The summed E-state index contributed by atoms with van der Waals surface area (Å²) in [6.45, 7) is 11.7. The van der Waals surface area contributed by atoms with E-state index in [1.807, 2.05) is 50.6 Å². The lowest BCUT2D eigenvalue weighted by Gasteiger charge is -2.26. The lowest BCUT2D eigenvalue weighted by Crippen LogP contribution is -2.35. The van der Waals surface area contributed by atoms with Crippen molar-refractivity contribution in [1.29, 1.82) is 0 Å². The lowest BCUT2D eigenvalue weighted by atomic mass is 10.1. The third-order valence-electron chi connectivity index (χ3n) is 7.28. The van der Waals surface area contributed by atoms with Crippen LogP contribution in [0.25, 0.3) is 34.3 Å². The van der Waals surface area contributed by atoms with Crippen LogP contribution in [0.1, 0.15) is 68.1 Å². The van der Waals surface area contributed by atoms with Crippen LogP contribution >= 0.6 is 0 Å². The number of hydrogen-bond donors (Lipinski definition) is 3. The number of ether oxygens (including phenoxy) is 2. The summed E-state index contributed by atoms with van der Waals surface area (Å²) < 4.78 is 16.1. The Balaban J connectivity index is 1.75. The van der Waals surface area contributed by atoms with Crippen LogP contribution in [0.2, 0.25) is 0 Å². The fourth-order valence-corrected chi connectivity index (χ4v) is 5.17. The molecule has 0 fully saturated rings. The SMILES string of the molecule is CCN1Cc2c(c(OC(C)C)nn2[C@@H](C)CO)/C=C/c2[nH]nc3ncc(cc23)-c2c(C(=O)NC)nn(C)c2OC(C)C1. The molecule has 0 saturated heterocycles. The Hall–Kier alpha value is -4.23. The van der Waals surface area contributed by atoms with Gasteiger partial charge in [-0.2, -0.15) is 10.2 Å². The van der Waals surface area contributed by atoms with E-state index in [1.54, 1.807) is 25.0 Å². The number of fused-ring (bicyclic) bond motifs is 4. The molecule has 1 aliphatic rings. The average Bonchev–Trinajstić information content (AvgIpc) is 3.63. The monoisotopic (exact) mass is 577 g/mol. The second-order valence-corrected chi connectivity index (χ2v) is 10.9. The molecule has 2 bridgehead atoms. The molecule has 5 heterocycles. The van der Waals surface area contributed by atoms with Crippen molar-refractivity contribution < 1.29 is 19.4 Å². The lowest BCUT2D eigenvalue weighted by molar-refractivity contribution is 0.0958. The van der Waals surface area contributed by atoms with Gasteiger partial charge in [-0.3, -0.25) is 19.5 Å². The normalized spacial score (nSPS) is 17.3. The first kappa shape index (κ1) is 29.3. The van der Waals surface area contributed by atoms with Gasteiger partial charge in [0, 0.05) is 44.3 Å². The predicted octanol–water partition coefficient (Wildman–Crippen LogP) is 3.03. The van der Waals surface area contributed by atoms with Gasteiger partial charge in [0.05, 0.1) is 41.3 Å². The summed E-state index contributed by atoms with van der Waals surface area (Å²) in [6, 6.07) is 1.68. The first-order valence-electron chi connectivity index (χ1n) is 14.2. The highest BCUT2D eigenvalue weighted by Crippen LogP contribution is 2.36. The Morgan fingerprint density at radius 1 is 1.29 bits per heavy atom. The van der Waals surface area contributed by atoms with Gasteiger partial charge < -0.3 is 19.9 Å². The maximum Gasteiger partial charge on any atom is 0.272 e. The van der Waals surface area contributed by atoms with E-state index in [4.69, 9.17) is 14.6 Å². The summed E-state index contributed by atoms with van der Waals surface area (Å²) in [5, 5.41) is 30.3. The van der Waals surface area contributed by atoms with Crippen molar-refractivity contribution in [1.82, 2.24) is 45.0 Å². The van der Waals surface area contributed by atoms with Gasteiger partial charge in [-0.05, 0) is 52.5 Å². The van der Waals surface area contributed by atoms with Gasteiger partial charge in [-0.15, -0.1) is 5.10 Å². The molecule has 224 valence electrons. The number of aromatic amines is 1. The summed E-state index contributed by atoms with van der Waals surface area (Å²) in [7, 11) is 3.34. The number of carbonyl (C=O) groups is 1. The maximum absolute atomic E-state index is 12.9. The van der Waals surface area contributed by atoms with Gasteiger partial charge >= 0.3 is 0 Å². The summed E-state index contributed by atoms with van der Waals surface area (Å²) in [5.41, 5.74) is 4.50. The van der Waals surface area contributed by atoms with Crippen LogP contribution in [0.5, 0.6) is 11.8 Å². The molecule has 13 heteroatoms. The minimum Gasteiger partial charge on any atom is -0.473 e. The van der Waals surface area contributed by atoms with Crippen molar-refractivity contribution in [3.8, 4) is 22.9 Å². The minimum absolute atomic E-state index is 0.0683. The number of aryl methyl sites for hydroxylation is 1. The first-order chi connectivity index (χ1) is 20.1. The molecule has 0 radical (unpaired) electrons. The Morgan fingerprint density at radius 3 is 2.76 bits per heavy atom. The van der Waals surface area contributed by atoms with E-state index >= 15 is 0 Å². The smallest absolute Gasteiger partial charge is 0.272 e. The molecule has 5 rings (SSSR count). The Morgan fingerprint density at radius 2 is 2.07 bits per heavy atom. The first-order valence-corrected chi connectivity index (χ1v) is 14.2. The van der Waals surface area contributed by atoms with Crippen molar-refractivity contribution in [3.63, 3.8) is 0 Å². The highest BCUT2D eigenvalue weighted by molar-refractivity contribution is 6.01. The van der Waals surface area contributed by atoms with Gasteiger partial charge in [0.1, 0.15) is 6.10 Å². The quantitative estimate of drug-likeness (QED) is 0.314. The van der Waals surface area contributed by atoms with Crippen LogP contribution in [0.15, 0.2) is 12.3 Å². The Labute approximate surface area is 244 Å². The number of aromatic nitrogens is 7. The van der Waals surface area contributed by atoms with Crippen LogP contribution < -0.4 is 14.8 Å². The number of rotatable bonds is 6. The number of aliphatic hydroxyl groups excluding tert-OH is 1. The van der Waals surface area contributed by atoms with E-state index in [1.165, 1.54) is 0 Å². The van der Waals surface area contributed by atoms with E-state index in [0.29, 0.717) is 41.6 Å². The topological polar surface area (TPSA) is 148 Å². The van der Waals surface area contributed by atoms with Crippen molar-refractivity contribution >= 4 is 29.1 Å². The molecule has 4 aromatic heterocycles. The molecule has 2 atom stereocenters. The molecule has 1 unspecified atom stereocenters. The molecule has 3 N–H and O–H groups in total. The van der Waals surface area contributed by atoms with Gasteiger partial charge in [-0.1, -0.05) is 6.92 Å². The van der Waals surface area contributed by atoms with Crippen molar-refractivity contribution in [2.45, 2.75) is 59.4 Å². The molecule has 0 aromatic carbocycles. The third-order valence-corrected chi connectivity index (χ3v) is 7.28. The van der Waals surface area contributed by atoms with Gasteiger partial charge in [0.25, 0.3) is 5.91 Å². The van der Waals surface area contributed by atoms with E-state index in [2.05, 4.69) is 37.4 Å². The zero-order valence-corrected chi connectivity index (χ0v) is 25.2. The summed E-state index contributed by atoms with van der Waals surface area (Å²) in [4.78, 5) is 19.7. The standard InChI is InChI=1S/C29H39N9O4/c1-8-37-13-18(5)42-29-24(25(27(40)30-6)34-36(29)7)19-11-21-22(32-33-26(21)31-12-19)10-9-20-23(14-37)38(17(4)15-39)35-28(20)41-16(2)3/h9-12,16-18,39H,8,13-15H2,1-7H3,(H,30,40)(H,31,32,33)/b10-9+/t17-,18?/m0/s1. The fourth-order valence-electron chi connectivity index (χ4n) is 5.17. The molecule has 0 spiro atoms. The van der Waals surface area contributed by atoms with Crippen molar-refractivity contribution in [2.24, 2.45) is 7.05 Å². The van der Waals surface area contributed by atoms with Gasteiger partial charge in [0.2, 0.25) is 11.8 Å². The maximum atomic E-state index is 12.9. The molecule has 0 aliphatic carbocycles. The number of H-pyrrole nitrogens is 1. The molecule has 4 aromatic rings. The highest BCUT2D eigenvalue weighted by atomic mass is 16.5. The number of nitrogens with one attached hydrogen (secondary N) is 2. The number of pyridine rings is 1. The second kappa shape index (κ2) is 11.9. The number of amides is 1. The van der Waals surface area contributed by atoms with Crippen molar-refractivity contribution in [3.05, 3.63) is 34.9 Å². The molecular formula is C29H39N9O4. The van der Waals surface area contributed by atoms with Crippen LogP contribution in [0.3, 0.4) is 0 Å². The predicted molar refractivity (Wildman–Crippen MR) is 159 cm³/mol. The molecule has 1 aliphatic heterocycles.